The van der Waals surface area contributed by atoms with Crippen LogP contribution in [0.25, 0.3) is 10.9 Å². The molecule has 1 aromatic heterocycles. The average molecular weight is 286 g/mol. The Morgan fingerprint density at radius 3 is 2.72 bits per heavy atom. The predicted octanol–water partition coefficient (Wildman–Crippen LogP) is 3.01. The predicted molar refractivity (Wildman–Crippen MR) is 70.5 cm³/mol. The van der Waals surface area contributed by atoms with Crippen molar-refractivity contribution in [3.63, 3.8) is 0 Å². The molecule has 1 heterocycles. The zero-order valence-corrected chi connectivity index (χ0v) is 10.9. The molecule has 18 heavy (non-hydrogen) atoms. The summed E-state index contributed by atoms with van der Waals surface area (Å²) in [6.45, 7) is 1.87. The Labute approximate surface area is 112 Å². The first-order valence-electron chi connectivity index (χ1n) is 5.22. The second-order valence-electron chi connectivity index (χ2n) is 3.58. The Morgan fingerprint density at radius 1 is 1.33 bits per heavy atom. The van der Waals surface area contributed by atoms with Gasteiger partial charge in [-0.1, -0.05) is 23.2 Å². The molecule has 0 spiro atoms. The smallest absolute Gasteiger partial charge is 0.343 e. The Balaban J connectivity index is 2.69. The van der Waals surface area contributed by atoms with Crippen LogP contribution in [0.1, 0.15) is 17.3 Å². The number of hydrogen-bond donors (Lipinski definition) is 1. The first-order chi connectivity index (χ1) is 8.52. The molecule has 0 amide bonds. The van der Waals surface area contributed by atoms with Crippen LogP contribution in [0, 0.1) is 0 Å². The number of nitrogens with one attached hydrogen (secondary N) is 1. The number of halogens is 2. The molecule has 0 saturated carbocycles. The van der Waals surface area contributed by atoms with Gasteiger partial charge in [0.15, 0.2) is 0 Å². The van der Waals surface area contributed by atoms with E-state index in [2.05, 4.69) is 4.98 Å². The van der Waals surface area contributed by atoms with Crippen LogP contribution in [-0.2, 0) is 4.74 Å². The van der Waals surface area contributed by atoms with Gasteiger partial charge in [-0.05, 0) is 25.1 Å². The molecule has 1 N–H and O–H groups in total. The van der Waals surface area contributed by atoms with Crippen LogP contribution in [0.4, 0.5) is 0 Å². The maximum absolute atomic E-state index is 11.7. The topological polar surface area (TPSA) is 59.2 Å². The Kier molecular flexibility index (Phi) is 3.59. The number of hydrogen-bond acceptors (Lipinski definition) is 3. The van der Waals surface area contributed by atoms with Gasteiger partial charge in [-0.15, -0.1) is 0 Å². The number of fused-ring (bicyclic) bond motifs is 1. The van der Waals surface area contributed by atoms with Crippen LogP contribution >= 0.6 is 23.2 Å². The van der Waals surface area contributed by atoms with Crippen LogP contribution in [-0.4, -0.2) is 17.6 Å². The Morgan fingerprint density at radius 2 is 2.06 bits per heavy atom. The summed E-state index contributed by atoms with van der Waals surface area (Å²) in [5, 5.41) is 1.31. The zero-order valence-electron chi connectivity index (χ0n) is 9.42. The van der Waals surface area contributed by atoms with E-state index in [1.54, 1.807) is 19.1 Å². The van der Waals surface area contributed by atoms with Gasteiger partial charge in [0, 0.05) is 10.4 Å². The molecule has 0 saturated heterocycles. The van der Waals surface area contributed by atoms with Crippen LogP contribution in [0.5, 0.6) is 0 Å². The van der Waals surface area contributed by atoms with E-state index in [4.69, 9.17) is 27.9 Å². The van der Waals surface area contributed by atoms with Gasteiger partial charge in [0.1, 0.15) is 5.56 Å². The fraction of sp³-hybridized carbons (Fsp3) is 0.167. The van der Waals surface area contributed by atoms with E-state index in [0.29, 0.717) is 20.9 Å². The first kappa shape index (κ1) is 12.9. The molecule has 0 aliphatic heterocycles. The lowest BCUT2D eigenvalue weighted by Gasteiger charge is -2.05. The number of rotatable bonds is 2. The van der Waals surface area contributed by atoms with Gasteiger partial charge in [0.2, 0.25) is 0 Å². The number of pyridine rings is 1. The lowest BCUT2D eigenvalue weighted by atomic mass is 10.1. The quantitative estimate of drug-likeness (QED) is 0.863. The van der Waals surface area contributed by atoms with Crippen LogP contribution in [0.2, 0.25) is 10.0 Å². The minimum absolute atomic E-state index is 0.0754. The summed E-state index contributed by atoms with van der Waals surface area (Å²) in [6, 6.07) is 4.52. The second-order valence-corrected chi connectivity index (χ2v) is 4.43. The van der Waals surface area contributed by atoms with Crippen molar-refractivity contribution >= 4 is 40.1 Å². The minimum Gasteiger partial charge on any atom is -0.462 e. The molecule has 2 rings (SSSR count). The van der Waals surface area contributed by atoms with Gasteiger partial charge < -0.3 is 9.72 Å². The fourth-order valence-corrected chi connectivity index (χ4v) is 2.14. The molecule has 0 fully saturated rings. The lowest BCUT2D eigenvalue weighted by molar-refractivity contribution is 0.0524. The van der Waals surface area contributed by atoms with E-state index in [-0.39, 0.29) is 12.2 Å². The standard InChI is InChI=1S/C12H9Cl2NO3/c1-2-18-12(17)8-5-7-9(14)3-6(13)4-10(7)15-11(8)16/h3-5H,2H2,1H3,(H,15,16). The van der Waals surface area contributed by atoms with Gasteiger partial charge in [-0.3, -0.25) is 4.79 Å². The molecule has 0 aliphatic carbocycles. The molecular formula is C12H9Cl2NO3. The van der Waals surface area contributed by atoms with Crippen molar-refractivity contribution in [2.45, 2.75) is 6.92 Å². The Bertz CT molecular complexity index is 679. The molecule has 0 aliphatic rings. The maximum Gasteiger partial charge on any atom is 0.343 e. The van der Waals surface area contributed by atoms with E-state index < -0.39 is 11.5 Å². The third kappa shape index (κ3) is 2.35. The third-order valence-corrected chi connectivity index (χ3v) is 2.90. The molecule has 94 valence electrons. The minimum atomic E-state index is -0.674. The monoisotopic (exact) mass is 285 g/mol. The number of esters is 1. The van der Waals surface area contributed by atoms with Crippen LogP contribution in [0.3, 0.4) is 0 Å². The van der Waals surface area contributed by atoms with Crippen molar-refractivity contribution in [2.75, 3.05) is 6.61 Å². The van der Waals surface area contributed by atoms with E-state index in [1.807, 2.05) is 0 Å². The van der Waals surface area contributed by atoms with Crippen molar-refractivity contribution in [1.82, 2.24) is 4.98 Å². The summed E-state index contributed by atoms with van der Waals surface area (Å²) in [5.41, 5.74) is -0.126. The molecule has 0 bridgehead atoms. The maximum atomic E-state index is 11.7. The highest BCUT2D eigenvalue weighted by Gasteiger charge is 2.14. The average Bonchev–Trinajstić information content (AvgIpc) is 2.27. The normalized spacial score (nSPS) is 10.6. The summed E-state index contributed by atoms with van der Waals surface area (Å²) in [4.78, 5) is 25.9. The first-order valence-corrected chi connectivity index (χ1v) is 5.97. The number of aromatic nitrogens is 1. The molecule has 0 atom stereocenters. The van der Waals surface area contributed by atoms with Crippen LogP contribution < -0.4 is 5.56 Å². The van der Waals surface area contributed by atoms with E-state index in [0.717, 1.165) is 0 Å². The molecule has 0 radical (unpaired) electrons. The SMILES string of the molecule is CCOC(=O)c1cc2c(Cl)cc(Cl)cc2[nH]c1=O. The highest BCUT2D eigenvalue weighted by molar-refractivity contribution is 6.38. The molecule has 2 aromatic rings. The van der Waals surface area contributed by atoms with Gasteiger partial charge >= 0.3 is 5.97 Å². The number of carbonyl (C=O) groups is 1. The van der Waals surface area contributed by atoms with Crippen molar-refractivity contribution in [3.8, 4) is 0 Å². The van der Waals surface area contributed by atoms with E-state index >= 15 is 0 Å². The fourth-order valence-electron chi connectivity index (χ4n) is 1.59. The summed E-state index contributed by atoms with van der Waals surface area (Å²) in [5.74, 6) is -0.674. The number of ether oxygens (including phenoxy) is 1. The molecule has 6 heteroatoms. The number of carbonyl (C=O) groups excluding carboxylic acids is 1. The number of aromatic amines is 1. The van der Waals surface area contributed by atoms with Crippen LogP contribution in [0.15, 0.2) is 23.0 Å². The lowest BCUT2D eigenvalue weighted by Crippen LogP contribution is -2.19. The molecule has 0 unspecified atom stereocenters. The zero-order chi connectivity index (χ0) is 13.3. The van der Waals surface area contributed by atoms with E-state index in [1.165, 1.54) is 6.07 Å². The van der Waals surface area contributed by atoms with Gasteiger partial charge in [0.25, 0.3) is 5.56 Å². The summed E-state index contributed by atoms with van der Waals surface area (Å²) in [6.07, 6.45) is 0. The van der Waals surface area contributed by atoms with Crippen molar-refractivity contribution in [3.05, 3.63) is 44.2 Å². The van der Waals surface area contributed by atoms with Gasteiger partial charge in [0.05, 0.1) is 17.1 Å². The Hall–Kier alpha value is -1.52. The number of benzene rings is 1. The second kappa shape index (κ2) is 5.00. The summed E-state index contributed by atoms with van der Waals surface area (Å²) in [7, 11) is 0. The van der Waals surface area contributed by atoms with Crippen molar-refractivity contribution in [2.24, 2.45) is 0 Å². The molecular weight excluding hydrogens is 277 g/mol. The largest absolute Gasteiger partial charge is 0.462 e. The van der Waals surface area contributed by atoms with Crippen molar-refractivity contribution in [1.29, 1.82) is 0 Å². The summed E-state index contributed by atoms with van der Waals surface area (Å²) < 4.78 is 4.79. The van der Waals surface area contributed by atoms with Gasteiger partial charge in [-0.2, -0.15) is 0 Å². The van der Waals surface area contributed by atoms with E-state index in [9.17, 15) is 9.59 Å². The molecule has 4 nitrogen and oxygen atoms in total. The third-order valence-electron chi connectivity index (χ3n) is 2.37. The van der Waals surface area contributed by atoms with Gasteiger partial charge in [-0.25, -0.2) is 4.79 Å². The number of H-pyrrole nitrogens is 1. The molecule has 1 aromatic carbocycles. The highest BCUT2D eigenvalue weighted by Crippen LogP contribution is 2.26. The highest BCUT2D eigenvalue weighted by atomic mass is 35.5. The summed E-state index contributed by atoms with van der Waals surface area (Å²) >= 11 is 11.8. The van der Waals surface area contributed by atoms with Crippen molar-refractivity contribution < 1.29 is 9.53 Å².